The molecule has 108 valence electrons. The van der Waals surface area contributed by atoms with Crippen molar-refractivity contribution in [1.82, 2.24) is 15.2 Å². The number of hydrogen-bond donors (Lipinski definition) is 2. The summed E-state index contributed by atoms with van der Waals surface area (Å²) < 4.78 is 13.0. The normalized spacial score (nSPS) is 11.1. The molecule has 2 aromatic heterocycles. The van der Waals surface area contributed by atoms with Gasteiger partial charge in [-0.05, 0) is 40.6 Å². The molecule has 2 aromatic carbocycles. The summed E-state index contributed by atoms with van der Waals surface area (Å²) in [4.78, 5) is 4.32. The lowest BCUT2D eigenvalue weighted by atomic mass is 10.0. The number of benzene rings is 2. The predicted octanol–water partition coefficient (Wildman–Crippen LogP) is 4.32. The molecule has 4 rings (SSSR count). The van der Waals surface area contributed by atoms with Crippen molar-refractivity contribution < 1.29 is 4.39 Å². The molecule has 0 unspecified atom stereocenters. The summed E-state index contributed by atoms with van der Waals surface area (Å²) in [7, 11) is 0. The number of H-pyrrole nitrogens is 1. The quantitative estimate of drug-likeness (QED) is 0.591. The van der Waals surface area contributed by atoms with Crippen molar-refractivity contribution in [1.29, 1.82) is 0 Å². The summed E-state index contributed by atoms with van der Waals surface area (Å²) in [6, 6.07) is 15.3. The van der Waals surface area contributed by atoms with Gasteiger partial charge in [-0.1, -0.05) is 24.3 Å². The van der Waals surface area contributed by atoms with E-state index >= 15 is 0 Å². The molecule has 0 aliphatic rings. The number of hydrogen-bond acceptors (Lipinski definition) is 3. The van der Waals surface area contributed by atoms with Crippen LogP contribution in [0.1, 0.15) is 5.56 Å². The highest BCUT2D eigenvalue weighted by Gasteiger charge is 2.07. The molecule has 5 heteroatoms. The van der Waals surface area contributed by atoms with E-state index in [2.05, 4.69) is 20.5 Å². The van der Waals surface area contributed by atoms with Crippen molar-refractivity contribution in [3.05, 3.63) is 60.3 Å². The third-order valence-electron chi connectivity index (χ3n) is 3.70. The highest BCUT2D eigenvalue weighted by Crippen LogP contribution is 2.26. The van der Waals surface area contributed by atoms with Crippen LogP contribution in [0.3, 0.4) is 0 Å². The number of alkyl halides is 1. The Morgan fingerprint density at radius 3 is 2.95 bits per heavy atom. The van der Waals surface area contributed by atoms with Crippen LogP contribution in [-0.2, 0) is 6.67 Å². The van der Waals surface area contributed by atoms with E-state index in [1.165, 1.54) is 0 Å². The smallest absolute Gasteiger partial charge is 0.178 e. The van der Waals surface area contributed by atoms with E-state index in [0.29, 0.717) is 11.4 Å². The van der Waals surface area contributed by atoms with Crippen molar-refractivity contribution >= 4 is 33.3 Å². The van der Waals surface area contributed by atoms with E-state index in [9.17, 15) is 4.39 Å². The maximum Gasteiger partial charge on any atom is 0.178 e. The molecule has 0 aliphatic heterocycles. The van der Waals surface area contributed by atoms with Crippen LogP contribution in [0.5, 0.6) is 0 Å². The fourth-order valence-electron chi connectivity index (χ4n) is 2.62. The van der Waals surface area contributed by atoms with Crippen molar-refractivity contribution in [3.63, 3.8) is 0 Å². The molecule has 4 nitrogen and oxygen atoms in total. The lowest BCUT2D eigenvalue weighted by Gasteiger charge is -2.07. The molecule has 2 N–H and O–H groups in total. The summed E-state index contributed by atoms with van der Waals surface area (Å²) in [6.07, 6.45) is 1.73. The number of nitrogens with zero attached hydrogens (tertiary/aromatic N) is 2. The SMILES string of the molecule is FCc1cccc2cc(Nc3n[nH]c4cccnc34)ccc12. The first-order valence-electron chi connectivity index (χ1n) is 6.99. The topological polar surface area (TPSA) is 53.6 Å². The third kappa shape index (κ3) is 2.07. The van der Waals surface area contributed by atoms with Gasteiger partial charge in [0.25, 0.3) is 0 Å². The summed E-state index contributed by atoms with van der Waals surface area (Å²) in [5.74, 6) is 0.677. The van der Waals surface area contributed by atoms with Crippen LogP contribution in [0.15, 0.2) is 54.7 Å². The molecule has 0 saturated heterocycles. The average molecular weight is 292 g/mol. The highest BCUT2D eigenvalue weighted by atomic mass is 19.1. The predicted molar refractivity (Wildman–Crippen MR) is 85.9 cm³/mol. The van der Waals surface area contributed by atoms with Gasteiger partial charge in [-0.15, -0.1) is 0 Å². The van der Waals surface area contributed by atoms with Crippen LogP contribution in [0.4, 0.5) is 15.9 Å². The van der Waals surface area contributed by atoms with Gasteiger partial charge in [0.15, 0.2) is 5.82 Å². The minimum atomic E-state index is -0.460. The summed E-state index contributed by atoms with van der Waals surface area (Å²) in [5, 5.41) is 12.4. The van der Waals surface area contributed by atoms with Gasteiger partial charge in [-0.25, -0.2) is 4.39 Å². The molecule has 0 fully saturated rings. The second kappa shape index (κ2) is 5.11. The largest absolute Gasteiger partial charge is 0.337 e. The number of aromatic amines is 1. The Morgan fingerprint density at radius 1 is 1.09 bits per heavy atom. The number of pyridine rings is 1. The number of fused-ring (bicyclic) bond motifs is 2. The zero-order valence-corrected chi connectivity index (χ0v) is 11.7. The van der Waals surface area contributed by atoms with Gasteiger partial charge in [0.05, 0.1) is 5.52 Å². The van der Waals surface area contributed by atoms with Gasteiger partial charge in [0.1, 0.15) is 12.2 Å². The van der Waals surface area contributed by atoms with E-state index in [1.807, 2.05) is 42.5 Å². The van der Waals surface area contributed by atoms with Crippen molar-refractivity contribution in [2.24, 2.45) is 0 Å². The second-order valence-corrected chi connectivity index (χ2v) is 5.08. The minimum absolute atomic E-state index is 0.460. The van der Waals surface area contributed by atoms with E-state index in [4.69, 9.17) is 0 Å². The Hall–Kier alpha value is -2.95. The Labute approximate surface area is 126 Å². The van der Waals surface area contributed by atoms with Crippen LogP contribution in [-0.4, -0.2) is 15.2 Å². The molecule has 2 heterocycles. The molecule has 0 radical (unpaired) electrons. The molecule has 0 saturated carbocycles. The number of rotatable bonds is 3. The number of aromatic nitrogens is 3. The first-order valence-corrected chi connectivity index (χ1v) is 6.99. The molecule has 0 amide bonds. The molecule has 0 bridgehead atoms. The van der Waals surface area contributed by atoms with Gasteiger partial charge in [-0.3, -0.25) is 10.1 Å². The Bertz CT molecular complexity index is 961. The zero-order chi connectivity index (χ0) is 14.9. The molecule has 22 heavy (non-hydrogen) atoms. The fraction of sp³-hybridized carbons (Fsp3) is 0.0588. The minimum Gasteiger partial charge on any atom is -0.337 e. The molecular formula is C17H13FN4. The van der Waals surface area contributed by atoms with Gasteiger partial charge in [0, 0.05) is 11.9 Å². The molecular weight excluding hydrogens is 279 g/mol. The standard InChI is InChI=1S/C17H13FN4/c18-10-12-4-1-3-11-9-13(6-7-14(11)12)20-17-16-15(21-22-17)5-2-8-19-16/h1-9H,10H2,(H2,20,21,22). The Morgan fingerprint density at radius 2 is 2.05 bits per heavy atom. The summed E-state index contributed by atoms with van der Waals surface area (Å²) in [6.45, 7) is -0.460. The Balaban J connectivity index is 1.75. The van der Waals surface area contributed by atoms with Crippen LogP contribution >= 0.6 is 0 Å². The van der Waals surface area contributed by atoms with Crippen molar-refractivity contribution in [3.8, 4) is 0 Å². The molecule has 0 spiro atoms. The maximum absolute atomic E-state index is 13.0. The third-order valence-corrected chi connectivity index (χ3v) is 3.70. The van der Waals surface area contributed by atoms with Gasteiger partial charge in [0.2, 0.25) is 0 Å². The van der Waals surface area contributed by atoms with Crippen LogP contribution in [0, 0.1) is 0 Å². The van der Waals surface area contributed by atoms with Gasteiger partial charge < -0.3 is 5.32 Å². The van der Waals surface area contributed by atoms with Crippen LogP contribution < -0.4 is 5.32 Å². The zero-order valence-electron chi connectivity index (χ0n) is 11.7. The van der Waals surface area contributed by atoms with Gasteiger partial charge >= 0.3 is 0 Å². The number of nitrogens with one attached hydrogen (secondary N) is 2. The first kappa shape index (κ1) is 12.8. The lowest BCUT2D eigenvalue weighted by molar-refractivity contribution is 0.488. The van der Waals surface area contributed by atoms with Crippen LogP contribution in [0.2, 0.25) is 0 Å². The van der Waals surface area contributed by atoms with Gasteiger partial charge in [-0.2, -0.15) is 5.10 Å². The van der Waals surface area contributed by atoms with E-state index < -0.39 is 6.67 Å². The monoisotopic (exact) mass is 292 g/mol. The van der Waals surface area contributed by atoms with Crippen LogP contribution in [0.25, 0.3) is 21.8 Å². The first-order chi connectivity index (χ1) is 10.8. The van der Waals surface area contributed by atoms with Crippen molar-refractivity contribution in [2.75, 3.05) is 5.32 Å². The summed E-state index contributed by atoms with van der Waals surface area (Å²) >= 11 is 0. The fourth-order valence-corrected chi connectivity index (χ4v) is 2.62. The maximum atomic E-state index is 13.0. The second-order valence-electron chi connectivity index (χ2n) is 5.08. The number of halogens is 1. The summed E-state index contributed by atoms with van der Waals surface area (Å²) in [5.41, 5.74) is 3.27. The Kier molecular flexibility index (Phi) is 2.96. The van der Waals surface area contributed by atoms with E-state index in [1.54, 1.807) is 12.3 Å². The number of anilines is 2. The molecule has 4 aromatic rings. The molecule has 0 aliphatic carbocycles. The lowest BCUT2D eigenvalue weighted by Crippen LogP contribution is -1.92. The molecule has 0 atom stereocenters. The highest BCUT2D eigenvalue weighted by molar-refractivity contribution is 5.91. The van der Waals surface area contributed by atoms with E-state index in [0.717, 1.165) is 27.5 Å². The van der Waals surface area contributed by atoms with Crippen molar-refractivity contribution in [2.45, 2.75) is 6.67 Å². The van der Waals surface area contributed by atoms with E-state index in [-0.39, 0.29) is 0 Å². The average Bonchev–Trinajstić information content (AvgIpc) is 2.97.